The van der Waals surface area contributed by atoms with Crippen molar-refractivity contribution in [2.75, 3.05) is 24.6 Å². The van der Waals surface area contributed by atoms with Crippen LogP contribution in [0.3, 0.4) is 0 Å². The fourth-order valence-corrected chi connectivity index (χ4v) is 7.39. The molecule has 0 aromatic carbocycles. The quantitative estimate of drug-likeness (QED) is 0.859. The molecule has 0 bridgehead atoms. The number of aromatic nitrogens is 3. The number of piperidine rings is 1. The van der Waals surface area contributed by atoms with Crippen molar-refractivity contribution in [2.24, 2.45) is 11.3 Å². The highest BCUT2D eigenvalue weighted by molar-refractivity contribution is 7.92. The van der Waals surface area contributed by atoms with Gasteiger partial charge in [-0.1, -0.05) is 0 Å². The molecule has 8 heteroatoms. The van der Waals surface area contributed by atoms with Gasteiger partial charge in [0.2, 0.25) is 5.91 Å². The van der Waals surface area contributed by atoms with Crippen LogP contribution in [0.4, 0.5) is 0 Å². The second-order valence-corrected chi connectivity index (χ2v) is 10.3. The van der Waals surface area contributed by atoms with Crippen molar-refractivity contribution in [3.63, 3.8) is 0 Å². The van der Waals surface area contributed by atoms with Gasteiger partial charge in [0, 0.05) is 42.2 Å². The van der Waals surface area contributed by atoms with Gasteiger partial charge in [0.05, 0.1) is 11.5 Å². The van der Waals surface area contributed by atoms with Crippen LogP contribution < -0.4 is 0 Å². The smallest absolute Gasteiger partial charge is 0.225 e. The number of nitrogens with one attached hydrogen (secondary N) is 1. The fourth-order valence-electron chi connectivity index (χ4n) is 5.14. The molecule has 2 aromatic heterocycles. The van der Waals surface area contributed by atoms with Gasteiger partial charge in [-0.2, -0.15) is 5.10 Å². The lowest BCUT2D eigenvalue weighted by Crippen LogP contribution is -2.59. The minimum Gasteiger partial charge on any atom is -0.342 e. The Labute approximate surface area is 152 Å². The largest absolute Gasteiger partial charge is 0.342 e. The van der Waals surface area contributed by atoms with Crippen LogP contribution in [0.2, 0.25) is 0 Å². The number of hydrogen-bond acceptors (Lipinski definition) is 5. The fraction of sp³-hybridized carbons (Fsp3) is 0.611. The van der Waals surface area contributed by atoms with Crippen molar-refractivity contribution < 1.29 is 13.2 Å². The molecule has 2 aromatic rings. The maximum absolute atomic E-state index is 12.9. The van der Waals surface area contributed by atoms with Crippen LogP contribution in [-0.2, 0) is 14.6 Å². The van der Waals surface area contributed by atoms with Crippen LogP contribution in [0.5, 0.6) is 0 Å². The summed E-state index contributed by atoms with van der Waals surface area (Å²) in [4.78, 5) is 19.1. The number of likely N-dealkylation sites (tertiary alicyclic amines) is 1. The van der Waals surface area contributed by atoms with E-state index in [-0.39, 0.29) is 34.7 Å². The number of sulfone groups is 1. The van der Waals surface area contributed by atoms with Crippen LogP contribution in [0.25, 0.3) is 11.0 Å². The Bertz CT molecular complexity index is 963. The maximum Gasteiger partial charge on any atom is 0.225 e. The molecule has 1 aliphatic carbocycles. The number of hydrogen-bond donors (Lipinski definition) is 1. The lowest BCUT2D eigenvalue weighted by Gasteiger charge is -2.53. The summed E-state index contributed by atoms with van der Waals surface area (Å²) >= 11 is 0. The Kier molecular flexibility index (Phi) is 3.44. The molecule has 1 saturated carbocycles. The minimum absolute atomic E-state index is 0.00410. The molecule has 3 fully saturated rings. The van der Waals surface area contributed by atoms with Gasteiger partial charge in [0.25, 0.3) is 0 Å². The number of amides is 1. The molecule has 26 heavy (non-hydrogen) atoms. The van der Waals surface area contributed by atoms with Crippen molar-refractivity contribution in [2.45, 2.75) is 31.6 Å². The summed E-state index contributed by atoms with van der Waals surface area (Å²) in [5.41, 5.74) is 1.71. The standard InChI is InChI=1S/C18H22N4O3S/c23-17(13-7-18(8-13)10-26(24,25)11-18)22-6-2-3-12(9-22)15-14-4-1-5-19-16(14)21-20-15/h1,4-5,12-13H,2-3,6-11H2,(H,19,20,21). The Morgan fingerprint density at radius 3 is 2.88 bits per heavy atom. The van der Waals surface area contributed by atoms with Crippen LogP contribution in [0, 0.1) is 11.3 Å². The highest BCUT2D eigenvalue weighted by Gasteiger charge is 2.58. The summed E-state index contributed by atoms with van der Waals surface area (Å²) in [5.74, 6) is 1.01. The van der Waals surface area contributed by atoms with Crippen LogP contribution in [0.15, 0.2) is 18.3 Å². The molecular weight excluding hydrogens is 352 g/mol. The average molecular weight is 374 g/mol. The molecular formula is C18H22N4O3S. The van der Waals surface area contributed by atoms with E-state index in [2.05, 4.69) is 15.2 Å². The minimum atomic E-state index is -2.83. The SMILES string of the molecule is O=C(C1CC2(C1)CS(=O)(=O)C2)N1CCCC(c2[nH]nc3ncccc23)C1. The van der Waals surface area contributed by atoms with Crippen LogP contribution in [0.1, 0.15) is 37.3 Å². The second kappa shape index (κ2) is 5.52. The van der Waals surface area contributed by atoms with Gasteiger partial charge in [0.15, 0.2) is 15.5 Å². The molecule has 0 radical (unpaired) electrons. The number of rotatable bonds is 2. The Balaban J connectivity index is 1.27. The predicted octanol–water partition coefficient (Wildman–Crippen LogP) is 1.49. The third-order valence-corrected chi connectivity index (χ3v) is 8.37. The normalized spacial score (nSPS) is 27.2. The highest BCUT2D eigenvalue weighted by atomic mass is 32.2. The summed E-state index contributed by atoms with van der Waals surface area (Å²) in [7, 11) is -2.83. The second-order valence-electron chi connectivity index (χ2n) is 8.27. The molecule has 3 aliphatic rings. The number of pyridine rings is 1. The first-order valence-corrected chi connectivity index (χ1v) is 11.1. The summed E-state index contributed by atoms with van der Waals surface area (Å²) < 4.78 is 22.9. The molecule has 2 saturated heterocycles. The Morgan fingerprint density at radius 2 is 2.12 bits per heavy atom. The van der Waals surface area contributed by atoms with Gasteiger partial charge in [-0.25, -0.2) is 13.4 Å². The number of fused-ring (bicyclic) bond motifs is 1. The highest BCUT2D eigenvalue weighted by Crippen LogP contribution is 2.53. The first-order valence-electron chi connectivity index (χ1n) is 9.23. The zero-order valence-corrected chi connectivity index (χ0v) is 15.3. The lowest BCUT2D eigenvalue weighted by molar-refractivity contribution is -0.144. The molecule has 1 amide bonds. The maximum atomic E-state index is 12.9. The van der Waals surface area contributed by atoms with Gasteiger partial charge < -0.3 is 4.90 Å². The Morgan fingerprint density at radius 1 is 1.31 bits per heavy atom. The van der Waals surface area contributed by atoms with E-state index in [1.807, 2.05) is 17.0 Å². The summed E-state index contributed by atoms with van der Waals surface area (Å²) in [5, 5.41) is 8.44. The van der Waals surface area contributed by atoms with E-state index in [1.165, 1.54) is 0 Å². The zero-order valence-electron chi connectivity index (χ0n) is 14.5. The molecule has 1 atom stereocenters. The van der Waals surface area contributed by atoms with Gasteiger partial charge in [-0.05, 0) is 43.2 Å². The zero-order chi connectivity index (χ0) is 17.9. The number of nitrogens with zero attached hydrogens (tertiary/aromatic N) is 3. The monoisotopic (exact) mass is 374 g/mol. The molecule has 1 spiro atoms. The molecule has 2 aliphatic heterocycles. The molecule has 5 rings (SSSR count). The predicted molar refractivity (Wildman–Crippen MR) is 96.3 cm³/mol. The van der Waals surface area contributed by atoms with Gasteiger partial charge in [-0.15, -0.1) is 0 Å². The van der Waals surface area contributed by atoms with Crippen molar-refractivity contribution in [3.8, 4) is 0 Å². The van der Waals surface area contributed by atoms with Crippen LogP contribution in [-0.4, -0.2) is 59.0 Å². The number of carbonyl (C=O) groups excluding carboxylic acids is 1. The van der Waals surface area contributed by atoms with Crippen molar-refractivity contribution in [1.82, 2.24) is 20.1 Å². The lowest BCUT2D eigenvalue weighted by atomic mass is 9.63. The van der Waals surface area contributed by atoms with E-state index in [9.17, 15) is 13.2 Å². The number of H-pyrrole nitrogens is 1. The topological polar surface area (TPSA) is 96.0 Å². The van der Waals surface area contributed by atoms with Gasteiger partial charge in [0.1, 0.15) is 0 Å². The number of carbonyl (C=O) groups is 1. The summed E-state index contributed by atoms with van der Waals surface area (Å²) in [6.07, 6.45) is 5.22. The van der Waals surface area contributed by atoms with E-state index in [0.29, 0.717) is 6.54 Å². The molecule has 7 nitrogen and oxygen atoms in total. The first kappa shape index (κ1) is 16.2. The van der Waals surface area contributed by atoms with E-state index in [0.717, 1.165) is 49.0 Å². The van der Waals surface area contributed by atoms with Gasteiger partial charge >= 0.3 is 0 Å². The van der Waals surface area contributed by atoms with Crippen molar-refractivity contribution in [1.29, 1.82) is 0 Å². The summed E-state index contributed by atoms with van der Waals surface area (Å²) in [6.45, 7) is 1.49. The third-order valence-electron chi connectivity index (χ3n) is 6.26. The van der Waals surface area contributed by atoms with Crippen LogP contribution >= 0.6 is 0 Å². The third kappa shape index (κ3) is 2.53. The summed E-state index contributed by atoms with van der Waals surface area (Å²) in [6, 6.07) is 3.93. The van der Waals surface area contributed by atoms with Crippen molar-refractivity contribution >= 4 is 26.8 Å². The van der Waals surface area contributed by atoms with E-state index in [4.69, 9.17) is 0 Å². The number of aromatic amines is 1. The van der Waals surface area contributed by atoms with E-state index in [1.54, 1.807) is 6.20 Å². The van der Waals surface area contributed by atoms with E-state index < -0.39 is 9.84 Å². The molecule has 138 valence electrons. The molecule has 1 unspecified atom stereocenters. The van der Waals surface area contributed by atoms with Crippen molar-refractivity contribution in [3.05, 3.63) is 24.0 Å². The first-order chi connectivity index (χ1) is 12.4. The molecule has 1 N–H and O–H groups in total. The average Bonchev–Trinajstić information content (AvgIpc) is 3.01. The van der Waals surface area contributed by atoms with Gasteiger partial charge in [-0.3, -0.25) is 9.89 Å². The van der Waals surface area contributed by atoms with E-state index >= 15 is 0 Å². The Hall–Kier alpha value is -1.96. The molecule has 4 heterocycles.